The first-order chi connectivity index (χ1) is 13.9. The second-order valence-corrected chi connectivity index (χ2v) is 7.97. The van der Waals surface area contributed by atoms with Gasteiger partial charge in [0.1, 0.15) is 5.82 Å². The molecule has 7 heteroatoms. The fourth-order valence-electron chi connectivity index (χ4n) is 4.71. The molecule has 1 atom stereocenters. The molecule has 3 rings (SSSR count). The normalized spacial score (nSPS) is 22.9. The van der Waals surface area contributed by atoms with E-state index in [0.717, 1.165) is 32.1 Å². The first-order valence-electron chi connectivity index (χ1n) is 10.4. The molecular weight excluding hydrogens is 375 g/mol. The number of hydrogen-bond acceptors (Lipinski definition) is 4. The molecule has 0 aromatic heterocycles. The van der Waals surface area contributed by atoms with Gasteiger partial charge in [0.15, 0.2) is 0 Å². The van der Waals surface area contributed by atoms with E-state index in [4.69, 9.17) is 0 Å². The fourth-order valence-corrected chi connectivity index (χ4v) is 4.71. The van der Waals surface area contributed by atoms with E-state index in [0.29, 0.717) is 6.54 Å². The molecule has 1 aliphatic heterocycles. The minimum atomic E-state index is -1.53. The van der Waals surface area contributed by atoms with Crippen molar-refractivity contribution in [3.63, 3.8) is 0 Å². The Balaban J connectivity index is 2.00. The van der Waals surface area contributed by atoms with Crippen LogP contribution < -0.4 is 0 Å². The number of aliphatic hydroxyl groups is 1. The summed E-state index contributed by atoms with van der Waals surface area (Å²) in [6, 6.07) is 5.73. The van der Waals surface area contributed by atoms with Crippen LogP contribution in [0, 0.1) is 5.82 Å². The smallest absolute Gasteiger partial charge is 0.241 e. The Hall–Kier alpha value is -2.28. The molecule has 1 saturated carbocycles. The zero-order valence-corrected chi connectivity index (χ0v) is 16.9. The van der Waals surface area contributed by atoms with Gasteiger partial charge in [-0.15, -0.1) is 0 Å². The molecule has 1 aromatic carbocycles. The van der Waals surface area contributed by atoms with Gasteiger partial charge < -0.3 is 10.0 Å². The molecular formula is C22H29FN2O4. The Kier molecular flexibility index (Phi) is 6.67. The number of amides is 3. The van der Waals surface area contributed by atoms with E-state index in [-0.39, 0.29) is 49.4 Å². The topological polar surface area (TPSA) is 77.9 Å². The molecule has 1 saturated heterocycles. The molecule has 29 heavy (non-hydrogen) atoms. The van der Waals surface area contributed by atoms with Crippen molar-refractivity contribution < 1.29 is 23.9 Å². The molecule has 158 valence electrons. The number of rotatable bonds is 7. The van der Waals surface area contributed by atoms with Crippen LogP contribution in [0.4, 0.5) is 4.39 Å². The summed E-state index contributed by atoms with van der Waals surface area (Å²) in [7, 11) is 0. The SMILES string of the molecule is CCN(CCO)C(=O)CC1(c2ccccc2F)CC(=O)N(C2CCCCC2)C1=O. The molecule has 3 amide bonds. The minimum Gasteiger partial charge on any atom is -0.395 e. The Bertz CT molecular complexity index is 778. The summed E-state index contributed by atoms with van der Waals surface area (Å²) in [4.78, 5) is 42.3. The van der Waals surface area contributed by atoms with Crippen LogP contribution >= 0.6 is 0 Å². The maximum Gasteiger partial charge on any atom is 0.241 e. The maximum atomic E-state index is 14.8. The van der Waals surface area contributed by atoms with Gasteiger partial charge in [-0.1, -0.05) is 37.5 Å². The van der Waals surface area contributed by atoms with Crippen molar-refractivity contribution in [1.82, 2.24) is 9.80 Å². The summed E-state index contributed by atoms with van der Waals surface area (Å²) in [6.45, 7) is 2.07. The van der Waals surface area contributed by atoms with Crippen LogP contribution in [0.1, 0.15) is 57.4 Å². The summed E-state index contributed by atoms with van der Waals surface area (Å²) in [6.07, 6.45) is 4.01. The predicted molar refractivity (Wildman–Crippen MR) is 105 cm³/mol. The van der Waals surface area contributed by atoms with E-state index < -0.39 is 17.1 Å². The number of nitrogens with zero attached hydrogens (tertiary/aromatic N) is 2. The number of hydrogen-bond donors (Lipinski definition) is 1. The van der Waals surface area contributed by atoms with Crippen LogP contribution in [-0.2, 0) is 19.8 Å². The van der Waals surface area contributed by atoms with Gasteiger partial charge in [-0.05, 0) is 25.8 Å². The van der Waals surface area contributed by atoms with E-state index in [2.05, 4.69) is 0 Å². The quantitative estimate of drug-likeness (QED) is 0.708. The summed E-state index contributed by atoms with van der Waals surface area (Å²) in [5.41, 5.74) is -1.43. The number of benzene rings is 1. The highest BCUT2D eigenvalue weighted by atomic mass is 19.1. The molecule has 0 spiro atoms. The van der Waals surface area contributed by atoms with Crippen LogP contribution in [0.5, 0.6) is 0 Å². The molecule has 1 unspecified atom stereocenters. The van der Waals surface area contributed by atoms with Gasteiger partial charge in [-0.3, -0.25) is 19.3 Å². The Morgan fingerprint density at radius 3 is 2.55 bits per heavy atom. The van der Waals surface area contributed by atoms with Crippen molar-refractivity contribution in [3.05, 3.63) is 35.6 Å². The number of halogens is 1. The number of likely N-dealkylation sites (N-methyl/N-ethyl adjacent to an activating group) is 1. The molecule has 2 aliphatic rings. The molecule has 1 aliphatic carbocycles. The maximum absolute atomic E-state index is 14.8. The highest BCUT2D eigenvalue weighted by Gasteiger charge is 2.56. The average molecular weight is 404 g/mol. The summed E-state index contributed by atoms with van der Waals surface area (Å²) in [5.74, 6) is -1.75. The van der Waals surface area contributed by atoms with Gasteiger partial charge in [0.2, 0.25) is 17.7 Å². The van der Waals surface area contributed by atoms with Crippen molar-refractivity contribution in [3.8, 4) is 0 Å². The molecule has 2 fully saturated rings. The summed E-state index contributed by atoms with van der Waals surface area (Å²) >= 11 is 0. The van der Waals surface area contributed by atoms with E-state index in [1.165, 1.54) is 28.0 Å². The van der Waals surface area contributed by atoms with Crippen molar-refractivity contribution >= 4 is 17.7 Å². The van der Waals surface area contributed by atoms with E-state index in [1.54, 1.807) is 13.0 Å². The second kappa shape index (κ2) is 9.03. The van der Waals surface area contributed by atoms with Gasteiger partial charge in [-0.2, -0.15) is 0 Å². The molecule has 0 radical (unpaired) electrons. The largest absolute Gasteiger partial charge is 0.395 e. The van der Waals surface area contributed by atoms with Crippen LogP contribution in [0.15, 0.2) is 24.3 Å². The van der Waals surface area contributed by atoms with Crippen molar-refractivity contribution in [2.45, 2.75) is 63.3 Å². The summed E-state index contributed by atoms with van der Waals surface area (Å²) in [5, 5.41) is 9.23. The van der Waals surface area contributed by atoms with Gasteiger partial charge in [0.05, 0.1) is 12.0 Å². The van der Waals surface area contributed by atoms with Gasteiger partial charge >= 0.3 is 0 Å². The first-order valence-corrected chi connectivity index (χ1v) is 10.4. The summed E-state index contributed by atoms with van der Waals surface area (Å²) < 4.78 is 14.8. The fraction of sp³-hybridized carbons (Fsp3) is 0.591. The van der Waals surface area contributed by atoms with E-state index in [9.17, 15) is 23.9 Å². The number of likely N-dealkylation sites (tertiary alicyclic amines) is 1. The Morgan fingerprint density at radius 2 is 1.93 bits per heavy atom. The minimum absolute atomic E-state index is 0.102. The highest BCUT2D eigenvalue weighted by molar-refractivity contribution is 6.11. The lowest BCUT2D eigenvalue weighted by Crippen LogP contribution is -2.47. The Labute approximate surface area is 170 Å². The average Bonchev–Trinajstić information content (AvgIpc) is 2.97. The lowest BCUT2D eigenvalue weighted by Gasteiger charge is -2.33. The Morgan fingerprint density at radius 1 is 1.24 bits per heavy atom. The lowest BCUT2D eigenvalue weighted by atomic mass is 9.75. The zero-order valence-electron chi connectivity index (χ0n) is 16.9. The van der Waals surface area contributed by atoms with Crippen LogP contribution in [-0.4, -0.2) is 58.4 Å². The standard InChI is InChI=1S/C22H29FN2O4/c1-2-24(12-13-26)19(27)14-22(17-10-6-7-11-18(17)23)15-20(28)25(21(22)29)16-8-4-3-5-9-16/h6-7,10-11,16,26H,2-5,8-9,12-15H2,1H3. The number of aliphatic hydroxyl groups excluding tert-OH is 1. The number of imide groups is 1. The third-order valence-corrected chi connectivity index (χ3v) is 6.24. The highest BCUT2D eigenvalue weighted by Crippen LogP contribution is 2.43. The number of carbonyl (C=O) groups is 3. The van der Waals surface area contributed by atoms with Crippen LogP contribution in [0.25, 0.3) is 0 Å². The first kappa shape index (κ1) is 21.4. The number of carbonyl (C=O) groups excluding carboxylic acids is 3. The second-order valence-electron chi connectivity index (χ2n) is 7.97. The van der Waals surface area contributed by atoms with E-state index in [1.807, 2.05) is 0 Å². The molecule has 1 heterocycles. The van der Waals surface area contributed by atoms with Crippen LogP contribution in [0.2, 0.25) is 0 Å². The van der Waals surface area contributed by atoms with Crippen molar-refractivity contribution in [2.24, 2.45) is 0 Å². The van der Waals surface area contributed by atoms with E-state index >= 15 is 0 Å². The molecule has 1 N–H and O–H groups in total. The van der Waals surface area contributed by atoms with Gasteiger partial charge in [0.25, 0.3) is 0 Å². The van der Waals surface area contributed by atoms with Crippen molar-refractivity contribution in [1.29, 1.82) is 0 Å². The van der Waals surface area contributed by atoms with Gasteiger partial charge in [-0.25, -0.2) is 4.39 Å². The monoisotopic (exact) mass is 404 g/mol. The zero-order chi connectivity index (χ0) is 21.0. The molecule has 6 nitrogen and oxygen atoms in total. The third kappa shape index (κ3) is 4.06. The lowest BCUT2D eigenvalue weighted by molar-refractivity contribution is -0.145. The third-order valence-electron chi connectivity index (χ3n) is 6.24. The molecule has 1 aromatic rings. The van der Waals surface area contributed by atoms with Gasteiger partial charge in [0, 0.05) is 37.5 Å². The predicted octanol–water partition coefficient (Wildman–Crippen LogP) is 2.39. The van der Waals surface area contributed by atoms with Crippen LogP contribution in [0.3, 0.4) is 0 Å². The molecule has 0 bridgehead atoms. The van der Waals surface area contributed by atoms with Crippen molar-refractivity contribution in [2.75, 3.05) is 19.7 Å².